The third-order valence-corrected chi connectivity index (χ3v) is 4.65. The molecule has 5 heteroatoms. The zero-order chi connectivity index (χ0) is 17.4. The lowest BCUT2D eigenvalue weighted by Gasteiger charge is -2.26. The average Bonchev–Trinajstić information content (AvgIpc) is 3.01. The smallest absolute Gasteiger partial charge is 0.268 e. The molecule has 1 aliphatic rings. The molecule has 1 N–H and O–H groups in total. The van der Waals surface area contributed by atoms with E-state index in [1.54, 1.807) is 18.2 Å². The van der Waals surface area contributed by atoms with Crippen LogP contribution in [0.3, 0.4) is 0 Å². The van der Waals surface area contributed by atoms with Crippen LogP contribution < -0.4 is 10.1 Å². The van der Waals surface area contributed by atoms with Crippen molar-refractivity contribution in [3.63, 3.8) is 0 Å². The molecular weight excluding hydrogens is 319 g/mol. The lowest BCUT2D eigenvalue weighted by atomic mass is 10.2. The molecule has 2 heterocycles. The minimum atomic E-state index is -0.314. The van der Waals surface area contributed by atoms with Crippen molar-refractivity contribution in [2.24, 2.45) is 0 Å². The van der Waals surface area contributed by atoms with E-state index < -0.39 is 0 Å². The summed E-state index contributed by atoms with van der Waals surface area (Å²) >= 11 is 0. The van der Waals surface area contributed by atoms with Gasteiger partial charge in [-0.25, -0.2) is 4.39 Å². The van der Waals surface area contributed by atoms with E-state index in [-0.39, 0.29) is 24.4 Å². The summed E-state index contributed by atoms with van der Waals surface area (Å²) in [6.07, 6.45) is 0.910. The Morgan fingerprint density at radius 1 is 1.28 bits per heavy atom. The maximum atomic E-state index is 13.7. The van der Waals surface area contributed by atoms with Crippen LogP contribution in [0.2, 0.25) is 0 Å². The summed E-state index contributed by atoms with van der Waals surface area (Å²) in [4.78, 5) is 12.7. The molecule has 0 saturated carbocycles. The third-order valence-electron chi connectivity index (χ3n) is 4.65. The number of hydrogen-bond acceptors (Lipinski definition) is 2. The van der Waals surface area contributed by atoms with Gasteiger partial charge < -0.3 is 14.6 Å². The third kappa shape index (κ3) is 2.76. The van der Waals surface area contributed by atoms with Crippen molar-refractivity contribution in [3.8, 4) is 5.75 Å². The minimum absolute atomic E-state index is 0.0450. The molecule has 0 aliphatic carbocycles. The van der Waals surface area contributed by atoms with E-state index in [4.69, 9.17) is 4.74 Å². The number of ether oxygens (including phenoxy) is 1. The van der Waals surface area contributed by atoms with Crippen LogP contribution in [-0.4, -0.2) is 16.6 Å². The number of benzene rings is 2. The highest BCUT2D eigenvalue weighted by atomic mass is 19.1. The summed E-state index contributed by atoms with van der Waals surface area (Å²) < 4.78 is 21.7. The van der Waals surface area contributed by atoms with Crippen molar-refractivity contribution in [3.05, 3.63) is 65.6 Å². The van der Waals surface area contributed by atoms with E-state index in [9.17, 15) is 9.18 Å². The molecule has 128 valence electrons. The van der Waals surface area contributed by atoms with Crippen LogP contribution >= 0.6 is 0 Å². The van der Waals surface area contributed by atoms with Gasteiger partial charge in [-0.3, -0.25) is 4.79 Å². The van der Waals surface area contributed by atoms with E-state index in [1.807, 2.05) is 28.8 Å². The fourth-order valence-corrected chi connectivity index (χ4v) is 3.30. The van der Waals surface area contributed by atoms with E-state index in [2.05, 4.69) is 12.2 Å². The highest BCUT2D eigenvalue weighted by Gasteiger charge is 2.25. The molecular formula is C20H19FN2O2. The van der Waals surface area contributed by atoms with Gasteiger partial charge >= 0.3 is 0 Å². The number of nitrogens with zero attached hydrogens (tertiary/aromatic N) is 1. The predicted molar refractivity (Wildman–Crippen MR) is 94.2 cm³/mol. The highest BCUT2D eigenvalue weighted by Crippen LogP contribution is 2.34. The summed E-state index contributed by atoms with van der Waals surface area (Å²) in [5.41, 5.74) is 2.00. The molecule has 1 aromatic heterocycles. The molecule has 2 aromatic carbocycles. The largest absolute Gasteiger partial charge is 0.486 e. The van der Waals surface area contributed by atoms with Gasteiger partial charge in [0, 0.05) is 17.5 Å². The Balaban J connectivity index is 1.65. The number of nitrogens with one attached hydrogen (secondary N) is 1. The van der Waals surface area contributed by atoms with Crippen molar-refractivity contribution in [1.82, 2.24) is 9.88 Å². The van der Waals surface area contributed by atoms with Gasteiger partial charge in [0.2, 0.25) is 0 Å². The van der Waals surface area contributed by atoms with E-state index >= 15 is 0 Å². The van der Waals surface area contributed by atoms with Crippen molar-refractivity contribution in [2.45, 2.75) is 32.5 Å². The molecule has 0 saturated heterocycles. The number of amides is 1. The fourth-order valence-electron chi connectivity index (χ4n) is 3.30. The molecule has 1 aliphatic heterocycles. The average molecular weight is 338 g/mol. The van der Waals surface area contributed by atoms with Crippen molar-refractivity contribution >= 4 is 16.8 Å². The van der Waals surface area contributed by atoms with Crippen LogP contribution in [0.25, 0.3) is 10.9 Å². The van der Waals surface area contributed by atoms with Crippen molar-refractivity contribution in [1.29, 1.82) is 0 Å². The summed E-state index contributed by atoms with van der Waals surface area (Å²) in [5.74, 6) is 0.289. The number of hydrogen-bond donors (Lipinski definition) is 1. The van der Waals surface area contributed by atoms with Gasteiger partial charge in [0.15, 0.2) is 0 Å². The molecule has 3 aromatic rings. The zero-order valence-corrected chi connectivity index (χ0v) is 14.0. The Labute approximate surface area is 145 Å². The Hall–Kier alpha value is -2.82. The Bertz CT molecular complexity index is 948. The number of aromatic nitrogens is 1. The molecule has 0 bridgehead atoms. The summed E-state index contributed by atoms with van der Waals surface area (Å²) in [6, 6.07) is 14.2. The Morgan fingerprint density at radius 3 is 2.92 bits per heavy atom. The second-order valence-electron chi connectivity index (χ2n) is 6.26. The van der Waals surface area contributed by atoms with E-state index in [0.29, 0.717) is 17.8 Å². The fraction of sp³-hybridized carbons (Fsp3) is 0.250. The second kappa shape index (κ2) is 6.24. The standard InChI is InChI=1S/C20H19FN2O2/c1-2-15-12-23-17(10-13-7-5-9-18(25-15)19(13)23)20(24)22-11-14-6-3-4-8-16(14)21/h3-10,15H,2,11-12H2,1H3,(H,22,24). The van der Waals surface area contributed by atoms with Crippen LogP contribution in [0.4, 0.5) is 4.39 Å². The summed E-state index contributed by atoms with van der Waals surface area (Å²) in [5, 5.41) is 3.80. The van der Waals surface area contributed by atoms with Crippen LogP contribution in [0.5, 0.6) is 5.75 Å². The SMILES string of the molecule is CCC1Cn2c(C(=O)NCc3ccccc3F)cc3cccc(c32)O1. The number of para-hydroxylation sites is 1. The maximum Gasteiger partial charge on any atom is 0.268 e. The quantitative estimate of drug-likeness (QED) is 0.784. The molecule has 0 spiro atoms. The summed E-state index contributed by atoms with van der Waals surface area (Å²) in [7, 11) is 0. The van der Waals surface area contributed by atoms with Crippen molar-refractivity contribution < 1.29 is 13.9 Å². The maximum absolute atomic E-state index is 13.7. The van der Waals surface area contributed by atoms with Crippen LogP contribution in [0, 0.1) is 5.82 Å². The molecule has 4 nitrogen and oxygen atoms in total. The lowest BCUT2D eigenvalue weighted by molar-refractivity contribution is 0.0935. The van der Waals surface area contributed by atoms with Gasteiger partial charge in [-0.1, -0.05) is 37.3 Å². The van der Waals surface area contributed by atoms with E-state index in [1.165, 1.54) is 6.07 Å². The molecule has 0 fully saturated rings. The van der Waals surface area contributed by atoms with Gasteiger partial charge in [-0.05, 0) is 24.6 Å². The number of carbonyl (C=O) groups is 1. The predicted octanol–water partition coefficient (Wildman–Crippen LogP) is 3.88. The second-order valence-corrected chi connectivity index (χ2v) is 6.26. The first kappa shape index (κ1) is 15.7. The summed E-state index contributed by atoms with van der Waals surface area (Å²) in [6.45, 7) is 2.87. The molecule has 0 radical (unpaired) electrons. The Kier molecular flexibility index (Phi) is 3.92. The van der Waals surface area contributed by atoms with Gasteiger partial charge in [-0.2, -0.15) is 0 Å². The first-order valence-corrected chi connectivity index (χ1v) is 8.48. The zero-order valence-electron chi connectivity index (χ0n) is 14.0. The van der Waals surface area contributed by atoms with Gasteiger partial charge in [0.1, 0.15) is 23.4 Å². The monoisotopic (exact) mass is 338 g/mol. The lowest BCUT2D eigenvalue weighted by Crippen LogP contribution is -2.31. The molecule has 1 amide bonds. The van der Waals surface area contributed by atoms with E-state index in [0.717, 1.165) is 23.1 Å². The van der Waals surface area contributed by atoms with Gasteiger partial charge in [0.25, 0.3) is 5.91 Å². The highest BCUT2D eigenvalue weighted by molar-refractivity contribution is 6.00. The van der Waals surface area contributed by atoms with Crippen LogP contribution in [0.15, 0.2) is 48.5 Å². The Morgan fingerprint density at radius 2 is 2.12 bits per heavy atom. The van der Waals surface area contributed by atoms with Crippen molar-refractivity contribution in [2.75, 3.05) is 0 Å². The minimum Gasteiger partial charge on any atom is -0.486 e. The topological polar surface area (TPSA) is 43.3 Å². The molecule has 25 heavy (non-hydrogen) atoms. The molecule has 1 unspecified atom stereocenters. The number of carbonyl (C=O) groups excluding carboxylic acids is 1. The van der Waals surface area contributed by atoms with Gasteiger partial charge in [0.05, 0.1) is 12.1 Å². The number of halogens is 1. The number of rotatable bonds is 4. The normalized spacial score (nSPS) is 15.8. The first-order chi connectivity index (χ1) is 12.2. The molecule has 1 atom stereocenters. The van der Waals surface area contributed by atoms with Crippen LogP contribution in [-0.2, 0) is 13.1 Å². The molecule has 4 rings (SSSR count). The van der Waals surface area contributed by atoms with Gasteiger partial charge in [-0.15, -0.1) is 0 Å². The van der Waals surface area contributed by atoms with Crippen LogP contribution in [0.1, 0.15) is 29.4 Å². The first-order valence-electron chi connectivity index (χ1n) is 8.48.